The van der Waals surface area contributed by atoms with E-state index in [0.29, 0.717) is 27.8 Å². The second kappa shape index (κ2) is 6.99. The summed E-state index contributed by atoms with van der Waals surface area (Å²) in [5.41, 5.74) is 0.0558. The van der Waals surface area contributed by atoms with Crippen LogP contribution in [0.1, 0.15) is 43.7 Å². The first-order valence-corrected chi connectivity index (χ1v) is 9.99. The van der Waals surface area contributed by atoms with Gasteiger partial charge in [0, 0.05) is 41.5 Å². The molecular formula is C22H22ClN5O2. The molecule has 1 aliphatic carbocycles. The molecule has 0 aliphatic heterocycles. The van der Waals surface area contributed by atoms with Gasteiger partial charge < -0.3 is 10.1 Å². The summed E-state index contributed by atoms with van der Waals surface area (Å²) in [5, 5.41) is 12.5. The van der Waals surface area contributed by atoms with Crippen molar-refractivity contribution in [1.82, 2.24) is 19.7 Å². The molecule has 0 atom stereocenters. The van der Waals surface area contributed by atoms with Crippen LogP contribution in [0.15, 0.2) is 42.9 Å². The van der Waals surface area contributed by atoms with Crippen molar-refractivity contribution in [3.63, 3.8) is 0 Å². The van der Waals surface area contributed by atoms with Gasteiger partial charge in [-0.15, -0.1) is 0 Å². The van der Waals surface area contributed by atoms with Crippen LogP contribution in [0.3, 0.4) is 0 Å². The van der Waals surface area contributed by atoms with Crippen LogP contribution in [0.25, 0.3) is 5.78 Å². The molecular weight excluding hydrogens is 402 g/mol. The Labute approximate surface area is 179 Å². The molecule has 30 heavy (non-hydrogen) atoms. The summed E-state index contributed by atoms with van der Waals surface area (Å²) < 4.78 is 7.97. The van der Waals surface area contributed by atoms with Gasteiger partial charge in [0.1, 0.15) is 23.6 Å². The van der Waals surface area contributed by atoms with Gasteiger partial charge in [-0.3, -0.25) is 9.20 Å². The average Bonchev–Trinajstić information content (AvgIpc) is 3.14. The molecule has 8 heteroatoms. The number of amides is 1. The minimum atomic E-state index is -0.336. The number of imidazole rings is 1. The molecule has 1 fully saturated rings. The van der Waals surface area contributed by atoms with E-state index in [9.17, 15) is 4.79 Å². The standard InChI is InChI=1S/C22H22ClN5O2/c1-21(2)18(27-17(29)16-12-28-9-5-8-25-20(28)26-16)22(3,4)19(21)30-14-7-6-13(11-24)15(23)10-14/h5-10,12,18-19H,1-4H3,(H,27,29). The van der Waals surface area contributed by atoms with Gasteiger partial charge >= 0.3 is 0 Å². The molecule has 2 heterocycles. The maximum Gasteiger partial charge on any atom is 0.271 e. The zero-order valence-corrected chi connectivity index (χ0v) is 17.9. The van der Waals surface area contributed by atoms with Crippen molar-refractivity contribution < 1.29 is 9.53 Å². The lowest BCUT2D eigenvalue weighted by Gasteiger charge is -2.63. The fourth-order valence-electron chi connectivity index (χ4n) is 4.74. The average molecular weight is 424 g/mol. The molecule has 1 N–H and O–H groups in total. The van der Waals surface area contributed by atoms with Crippen LogP contribution in [-0.2, 0) is 0 Å². The van der Waals surface area contributed by atoms with Gasteiger partial charge in [0.2, 0.25) is 5.78 Å². The van der Waals surface area contributed by atoms with Crippen LogP contribution in [0.4, 0.5) is 0 Å². The first kappa shape index (κ1) is 20.2. The molecule has 0 unspecified atom stereocenters. The first-order chi connectivity index (χ1) is 14.1. The smallest absolute Gasteiger partial charge is 0.271 e. The number of rotatable bonds is 4. The lowest BCUT2D eigenvalue weighted by Crippen LogP contribution is -2.74. The molecule has 1 saturated carbocycles. The molecule has 7 nitrogen and oxygen atoms in total. The predicted molar refractivity (Wildman–Crippen MR) is 112 cm³/mol. The monoisotopic (exact) mass is 423 g/mol. The molecule has 3 aromatic rings. The molecule has 1 aliphatic rings. The van der Waals surface area contributed by atoms with E-state index in [4.69, 9.17) is 21.6 Å². The highest BCUT2D eigenvalue weighted by molar-refractivity contribution is 6.31. The van der Waals surface area contributed by atoms with Crippen molar-refractivity contribution in [1.29, 1.82) is 5.26 Å². The molecule has 0 saturated heterocycles. The van der Waals surface area contributed by atoms with E-state index < -0.39 is 0 Å². The van der Waals surface area contributed by atoms with E-state index >= 15 is 0 Å². The van der Waals surface area contributed by atoms with Crippen LogP contribution in [0.2, 0.25) is 5.02 Å². The summed E-state index contributed by atoms with van der Waals surface area (Å²) in [6, 6.07) is 8.74. The van der Waals surface area contributed by atoms with Crippen LogP contribution in [0, 0.1) is 22.2 Å². The summed E-state index contributed by atoms with van der Waals surface area (Å²) in [6.07, 6.45) is 4.94. The molecule has 1 aromatic carbocycles. The van der Waals surface area contributed by atoms with Crippen molar-refractivity contribution in [3.05, 3.63) is 59.1 Å². The van der Waals surface area contributed by atoms with E-state index in [2.05, 4.69) is 43.0 Å². The number of fused-ring (bicyclic) bond motifs is 1. The minimum Gasteiger partial charge on any atom is -0.489 e. The normalized spacial score (nSPS) is 21.5. The van der Waals surface area contributed by atoms with E-state index in [0.717, 1.165) is 0 Å². The van der Waals surface area contributed by atoms with Crippen LogP contribution < -0.4 is 10.1 Å². The number of nitrogens with zero attached hydrogens (tertiary/aromatic N) is 4. The number of benzene rings is 1. The maximum atomic E-state index is 12.9. The number of nitriles is 1. The second-order valence-corrected chi connectivity index (χ2v) is 9.16. The topological polar surface area (TPSA) is 92.3 Å². The zero-order chi connectivity index (χ0) is 21.7. The van der Waals surface area contributed by atoms with E-state index in [1.807, 2.05) is 6.07 Å². The quantitative estimate of drug-likeness (QED) is 0.687. The van der Waals surface area contributed by atoms with E-state index in [1.165, 1.54) is 0 Å². The third kappa shape index (κ3) is 3.17. The largest absolute Gasteiger partial charge is 0.489 e. The molecule has 2 aromatic heterocycles. The Morgan fingerprint density at radius 1 is 1.30 bits per heavy atom. The lowest BCUT2D eigenvalue weighted by molar-refractivity contribution is -0.164. The Balaban J connectivity index is 1.52. The van der Waals surface area contributed by atoms with Gasteiger partial charge in [-0.05, 0) is 18.2 Å². The van der Waals surface area contributed by atoms with Gasteiger partial charge in [0.05, 0.1) is 10.6 Å². The Morgan fingerprint density at radius 2 is 2.03 bits per heavy atom. The Bertz CT molecular complexity index is 1130. The molecule has 0 bridgehead atoms. The van der Waals surface area contributed by atoms with Gasteiger partial charge in [-0.25, -0.2) is 9.97 Å². The summed E-state index contributed by atoms with van der Waals surface area (Å²) >= 11 is 6.14. The highest BCUT2D eigenvalue weighted by Crippen LogP contribution is 2.55. The summed E-state index contributed by atoms with van der Waals surface area (Å²) in [5.74, 6) is 0.835. The number of hydrogen-bond acceptors (Lipinski definition) is 5. The van der Waals surface area contributed by atoms with Crippen molar-refractivity contribution in [3.8, 4) is 11.8 Å². The SMILES string of the molecule is CC1(C)C(NC(=O)c2cn3cccnc3n2)C(C)(C)C1Oc1ccc(C#N)c(Cl)c1. The van der Waals surface area contributed by atoms with Crippen molar-refractivity contribution >= 4 is 23.3 Å². The Kier molecular flexibility index (Phi) is 4.70. The van der Waals surface area contributed by atoms with Crippen molar-refractivity contribution in [2.45, 2.75) is 39.8 Å². The fraction of sp³-hybridized carbons (Fsp3) is 0.364. The minimum absolute atomic E-state index is 0.130. The zero-order valence-electron chi connectivity index (χ0n) is 17.2. The van der Waals surface area contributed by atoms with E-state index in [1.54, 1.807) is 47.3 Å². The van der Waals surface area contributed by atoms with Crippen LogP contribution in [0.5, 0.6) is 5.75 Å². The molecule has 4 rings (SSSR count). The number of ether oxygens (including phenoxy) is 1. The molecule has 154 valence electrons. The van der Waals surface area contributed by atoms with Gasteiger partial charge in [0.25, 0.3) is 5.91 Å². The third-order valence-corrected chi connectivity index (χ3v) is 6.21. The van der Waals surface area contributed by atoms with Crippen LogP contribution in [-0.4, -0.2) is 32.4 Å². The maximum absolute atomic E-state index is 12.9. The van der Waals surface area contributed by atoms with E-state index in [-0.39, 0.29) is 28.9 Å². The highest BCUT2D eigenvalue weighted by Gasteiger charge is 2.64. The number of carbonyl (C=O) groups excluding carboxylic acids is 1. The number of aromatic nitrogens is 3. The molecule has 0 spiro atoms. The predicted octanol–water partition coefficient (Wildman–Crippen LogP) is 3.87. The van der Waals surface area contributed by atoms with Gasteiger partial charge in [0.15, 0.2) is 0 Å². The van der Waals surface area contributed by atoms with Crippen molar-refractivity contribution in [2.75, 3.05) is 0 Å². The van der Waals surface area contributed by atoms with Gasteiger partial charge in [-0.2, -0.15) is 5.26 Å². The first-order valence-electron chi connectivity index (χ1n) is 9.61. The Hall–Kier alpha value is -3.11. The molecule has 1 amide bonds. The fourth-order valence-corrected chi connectivity index (χ4v) is 4.95. The number of halogens is 1. The van der Waals surface area contributed by atoms with Crippen LogP contribution >= 0.6 is 11.6 Å². The molecule has 0 radical (unpaired) electrons. The summed E-state index contributed by atoms with van der Waals surface area (Å²) in [6.45, 7) is 8.24. The summed E-state index contributed by atoms with van der Waals surface area (Å²) in [7, 11) is 0. The number of carbonyl (C=O) groups is 1. The number of nitrogens with one attached hydrogen (secondary N) is 1. The Morgan fingerprint density at radius 3 is 2.67 bits per heavy atom. The summed E-state index contributed by atoms with van der Waals surface area (Å²) in [4.78, 5) is 21.3. The van der Waals surface area contributed by atoms with Crippen molar-refractivity contribution in [2.24, 2.45) is 10.8 Å². The second-order valence-electron chi connectivity index (χ2n) is 8.75. The third-order valence-electron chi connectivity index (χ3n) is 5.90. The van der Waals surface area contributed by atoms with Gasteiger partial charge in [-0.1, -0.05) is 39.3 Å². The highest BCUT2D eigenvalue weighted by atomic mass is 35.5. The lowest BCUT2D eigenvalue weighted by atomic mass is 9.49. The number of hydrogen-bond donors (Lipinski definition) is 1.